The highest BCUT2D eigenvalue weighted by Gasteiger charge is 2.43. The van der Waals surface area contributed by atoms with Gasteiger partial charge >= 0.3 is 0 Å². The molecule has 2 aromatic heterocycles. The Morgan fingerprint density at radius 3 is 2.79 bits per heavy atom. The molecule has 0 saturated carbocycles. The van der Waals surface area contributed by atoms with Crippen molar-refractivity contribution in [3.63, 3.8) is 0 Å². The van der Waals surface area contributed by atoms with E-state index in [0.717, 1.165) is 44.5 Å². The van der Waals surface area contributed by atoms with Gasteiger partial charge in [0.2, 0.25) is 5.88 Å². The fourth-order valence-corrected chi connectivity index (χ4v) is 4.70. The van der Waals surface area contributed by atoms with Gasteiger partial charge in [0.15, 0.2) is 0 Å². The molecule has 1 amide bonds. The lowest BCUT2D eigenvalue weighted by molar-refractivity contribution is -0.0338. The number of β-amino-alcohol motifs (C(OH)–C–C–N with tert-alkyl or cyclic N) is 1. The summed E-state index contributed by atoms with van der Waals surface area (Å²) in [4.78, 5) is 25.4. The lowest BCUT2D eigenvalue weighted by Crippen LogP contribution is -2.55. The number of carbonyl (C=O) groups excluding carboxylic acids is 1. The van der Waals surface area contributed by atoms with Crippen molar-refractivity contribution in [2.24, 2.45) is 5.41 Å². The summed E-state index contributed by atoms with van der Waals surface area (Å²) < 4.78 is 5.37. The van der Waals surface area contributed by atoms with Gasteiger partial charge in [0.05, 0.1) is 18.8 Å². The Labute approximate surface area is 171 Å². The van der Waals surface area contributed by atoms with E-state index in [-0.39, 0.29) is 11.3 Å². The Bertz CT molecular complexity index is 837. The first-order valence-corrected chi connectivity index (χ1v) is 10.2. The normalized spacial score (nSPS) is 21.9. The Morgan fingerprint density at radius 1 is 1.28 bits per heavy atom. The summed E-state index contributed by atoms with van der Waals surface area (Å²) in [5.74, 6) is 0.632. The highest BCUT2D eigenvalue weighted by atomic mass is 16.5. The van der Waals surface area contributed by atoms with Gasteiger partial charge in [-0.3, -0.25) is 14.7 Å². The van der Waals surface area contributed by atoms with E-state index < -0.39 is 6.10 Å². The third-order valence-corrected chi connectivity index (χ3v) is 6.18. The lowest BCUT2D eigenvalue weighted by Gasteiger charge is -2.49. The highest BCUT2D eigenvalue weighted by molar-refractivity contribution is 5.94. The molecule has 4 heterocycles. The molecule has 1 atom stereocenters. The van der Waals surface area contributed by atoms with Crippen LogP contribution in [0, 0.1) is 5.41 Å². The van der Waals surface area contributed by atoms with Crippen LogP contribution >= 0.6 is 0 Å². The van der Waals surface area contributed by atoms with Gasteiger partial charge in [0, 0.05) is 43.8 Å². The van der Waals surface area contributed by atoms with Gasteiger partial charge in [0.25, 0.3) is 5.91 Å². The number of methoxy groups -OCH3 is 1. The Hall–Kier alpha value is -2.51. The van der Waals surface area contributed by atoms with Gasteiger partial charge in [-0.2, -0.15) is 0 Å². The molecule has 1 spiro atoms. The molecule has 7 heteroatoms. The first-order valence-electron chi connectivity index (χ1n) is 10.2. The first kappa shape index (κ1) is 19.8. The Kier molecular flexibility index (Phi) is 5.78. The van der Waals surface area contributed by atoms with Gasteiger partial charge in [-0.25, -0.2) is 4.98 Å². The van der Waals surface area contributed by atoms with Crippen molar-refractivity contribution in [2.75, 3.05) is 33.3 Å². The first-order chi connectivity index (χ1) is 14.1. The number of ether oxygens (including phenoxy) is 1. The van der Waals surface area contributed by atoms with Crippen molar-refractivity contribution in [3.8, 4) is 5.88 Å². The van der Waals surface area contributed by atoms with Gasteiger partial charge in [-0.1, -0.05) is 6.07 Å². The number of pyridine rings is 2. The fourth-order valence-electron chi connectivity index (χ4n) is 4.70. The fraction of sp³-hybridized carbons (Fsp3) is 0.500. The van der Waals surface area contributed by atoms with Crippen LogP contribution in [0.4, 0.5) is 0 Å². The van der Waals surface area contributed by atoms with E-state index in [1.165, 1.54) is 0 Å². The second-order valence-corrected chi connectivity index (χ2v) is 8.23. The molecule has 0 radical (unpaired) electrons. The van der Waals surface area contributed by atoms with E-state index in [1.807, 2.05) is 11.0 Å². The predicted octanol–water partition coefficient (Wildman–Crippen LogP) is 1.97. The molecule has 0 bridgehead atoms. The summed E-state index contributed by atoms with van der Waals surface area (Å²) in [5, 5.41) is 10.5. The maximum absolute atomic E-state index is 12.9. The lowest BCUT2D eigenvalue weighted by atomic mass is 9.71. The van der Waals surface area contributed by atoms with Crippen molar-refractivity contribution in [1.82, 2.24) is 19.8 Å². The highest BCUT2D eigenvalue weighted by Crippen LogP contribution is 2.40. The van der Waals surface area contributed by atoms with Crippen molar-refractivity contribution in [2.45, 2.75) is 31.9 Å². The molecule has 154 valence electrons. The van der Waals surface area contributed by atoms with E-state index in [9.17, 15) is 9.90 Å². The summed E-state index contributed by atoms with van der Waals surface area (Å²) in [6.45, 7) is 3.75. The molecule has 2 aromatic rings. The van der Waals surface area contributed by atoms with Gasteiger partial charge < -0.3 is 14.7 Å². The molecule has 0 aromatic carbocycles. The maximum atomic E-state index is 12.9. The van der Waals surface area contributed by atoms with Crippen molar-refractivity contribution >= 4 is 5.91 Å². The molecular formula is C22H28N4O3. The average Bonchev–Trinajstić information content (AvgIpc) is 2.75. The third kappa shape index (κ3) is 4.41. The van der Waals surface area contributed by atoms with E-state index >= 15 is 0 Å². The number of rotatable bonds is 4. The zero-order chi connectivity index (χ0) is 20.3. The molecule has 2 saturated heterocycles. The number of piperidine rings is 2. The van der Waals surface area contributed by atoms with Crippen molar-refractivity contribution in [3.05, 3.63) is 54.0 Å². The summed E-state index contributed by atoms with van der Waals surface area (Å²) in [6.07, 6.45) is 7.20. The van der Waals surface area contributed by atoms with Crippen LogP contribution in [-0.4, -0.2) is 70.2 Å². The van der Waals surface area contributed by atoms with E-state index in [4.69, 9.17) is 4.74 Å². The van der Waals surface area contributed by atoms with Crippen LogP contribution in [0.3, 0.4) is 0 Å². The maximum Gasteiger partial charge on any atom is 0.255 e. The van der Waals surface area contributed by atoms with E-state index in [2.05, 4.69) is 20.9 Å². The van der Waals surface area contributed by atoms with Crippen LogP contribution < -0.4 is 4.74 Å². The third-order valence-electron chi connectivity index (χ3n) is 6.18. The van der Waals surface area contributed by atoms with Crippen LogP contribution in [0.5, 0.6) is 5.88 Å². The van der Waals surface area contributed by atoms with Crippen LogP contribution in [0.2, 0.25) is 0 Å². The molecule has 2 fully saturated rings. The Balaban J connectivity index is 1.41. The number of hydrogen-bond donors (Lipinski definition) is 1. The monoisotopic (exact) mass is 396 g/mol. The van der Waals surface area contributed by atoms with Crippen LogP contribution in [0.1, 0.15) is 35.2 Å². The topological polar surface area (TPSA) is 78.8 Å². The second-order valence-electron chi connectivity index (χ2n) is 8.23. The molecule has 7 nitrogen and oxygen atoms in total. The summed E-state index contributed by atoms with van der Waals surface area (Å²) in [6, 6.07) is 7.54. The number of carbonyl (C=O) groups is 1. The standard InChI is InChI=1S/C22H28N4O3/c1-29-20-18(5-3-9-24-20)14-25-10-6-22(7-11-25)12-19(27)15-26(16-22)21(28)17-4-2-8-23-13-17/h2-5,8-9,13,19,27H,6-7,10-12,14-16H2,1H3. The molecule has 0 aliphatic carbocycles. The molecule has 2 aliphatic rings. The second kappa shape index (κ2) is 8.47. The van der Waals surface area contributed by atoms with Crippen LogP contribution in [0.25, 0.3) is 0 Å². The summed E-state index contributed by atoms with van der Waals surface area (Å²) in [7, 11) is 1.65. The minimum atomic E-state index is -0.477. The van der Waals surface area contributed by atoms with Crippen molar-refractivity contribution in [1.29, 1.82) is 0 Å². The number of aliphatic hydroxyl groups is 1. The van der Waals surface area contributed by atoms with Gasteiger partial charge in [-0.15, -0.1) is 0 Å². The molecule has 1 N–H and O–H groups in total. The summed E-state index contributed by atoms with van der Waals surface area (Å²) in [5.41, 5.74) is 1.64. The van der Waals surface area contributed by atoms with Crippen molar-refractivity contribution < 1.29 is 14.6 Å². The average molecular weight is 396 g/mol. The minimum Gasteiger partial charge on any atom is -0.481 e. The molecule has 1 unspecified atom stereocenters. The quantitative estimate of drug-likeness (QED) is 0.851. The number of aliphatic hydroxyl groups excluding tert-OH is 1. The van der Waals surface area contributed by atoms with Gasteiger partial charge in [0.1, 0.15) is 0 Å². The van der Waals surface area contributed by atoms with Gasteiger partial charge in [-0.05, 0) is 56.0 Å². The Morgan fingerprint density at radius 2 is 2.07 bits per heavy atom. The predicted molar refractivity (Wildman–Crippen MR) is 108 cm³/mol. The molecule has 4 rings (SSSR count). The minimum absolute atomic E-state index is 0.0228. The molecule has 2 aliphatic heterocycles. The largest absolute Gasteiger partial charge is 0.481 e. The number of aromatic nitrogens is 2. The zero-order valence-corrected chi connectivity index (χ0v) is 16.8. The molecule has 29 heavy (non-hydrogen) atoms. The van der Waals surface area contributed by atoms with E-state index in [1.54, 1.807) is 37.8 Å². The van der Waals surface area contributed by atoms with Crippen LogP contribution in [0.15, 0.2) is 42.9 Å². The SMILES string of the molecule is COc1ncccc1CN1CCC2(CC1)CC(O)CN(C(=O)c1cccnc1)C2. The van der Waals surface area contributed by atoms with E-state index in [0.29, 0.717) is 24.5 Å². The zero-order valence-electron chi connectivity index (χ0n) is 16.8. The number of hydrogen-bond acceptors (Lipinski definition) is 6. The number of nitrogens with zero attached hydrogens (tertiary/aromatic N) is 4. The number of likely N-dealkylation sites (tertiary alicyclic amines) is 2. The number of amides is 1. The smallest absolute Gasteiger partial charge is 0.255 e. The summed E-state index contributed by atoms with van der Waals surface area (Å²) >= 11 is 0. The van der Waals surface area contributed by atoms with Crippen LogP contribution in [-0.2, 0) is 6.54 Å². The molecular weight excluding hydrogens is 368 g/mol.